The zero-order chi connectivity index (χ0) is 21.7. The zero-order valence-corrected chi connectivity index (χ0v) is 17.8. The summed E-state index contributed by atoms with van der Waals surface area (Å²) in [6, 6.07) is 9.33. The van der Waals surface area contributed by atoms with Crippen molar-refractivity contribution in [1.29, 1.82) is 0 Å². The van der Waals surface area contributed by atoms with E-state index in [1.165, 1.54) is 0 Å². The predicted octanol–water partition coefficient (Wildman–Crippen LogP) is 3.53. The number of ether oxygens (including phenoxy) is 6. The minimum absolute atomic E-state index is 0.0882. The Balaban J connectivity index is 1.93. The Kier molecular flexibility index (Phi) is 6.72. The van der Waals surface area contributed by atoms with Crippen molar-refractivity contribution in [2.75, 3.05) is 42.2 Å². The first-order valence-corrected chi connectivity index (χ1v) is 9.44. The van der Waals surface area contributed by atoms with E-state index in [0.29, 0.717) is 47.3 Å². The molecule has 0 amide bonds. The fraction of sp³-hybridized carbons (Fsp3) is 0.348. The topological polar surface area (TPSA) is 72.5 Å². The van der Waals surface area contributed by atoms with Crippen molar-refractivity contribution in [2.24, 2.45) is 5.92 Å². The highest BCUT2D eigenvalue weighted by atomic mass is 16.5. The van der Waals surface area contributed by atoms with E-state index in [4.69, 9.17) is 28.4 Å². The van der Waals surface area contributed by atoms with Gasteiger partial charge in [-0.15, -0.1) is 0 Å². The van der Waals surface area contributed by atoms with Gasteiger partial charge in [-0.25, -0.2) is 4.79 Å². The first-order valence-electron chi connectivity index (χ1n) is 9.44. The Bertz CT molecular complexity index is 924. The Morgan fingerprint density at radius 1 is 0.867 bits per heavy atom. The number of carbonyl (C=O) groups excluding carboxylic acids is 1. The molecule has 0 unspecified atom stereocenters. The molecule has 0 bridgehead atoms. The second-order valence-corrected chi connectivity index (χ2v) is 6.75. The minimum Gasteiger partial charge on any atom is -0.493 e. The number of carbonyl (C=O) groups is 1. The highest BCUT2D eigenvalue weighted by Gasteiger charge is 2.31. The van der Waals surface area contributed by atoms with Crippen LogP contribution in [0, 0.1) is 5.92 Å². The van der Waals surface area contributed by atoms with Gasteiger partial charge in [0.05, 0.1) is 42.2 Å². The molecule has 0 aliphatic carbocycles. The molecule has 1 atom stereocenters. The molecule has 1 aliphatic heterocycles. The zero-order valence-electron chi connectivity index (χ0n) is 17.8. The van der Waals surface area contributed by atoms with Crippen molar-refractivity contribution < 1.29 is 33.2 Å². The van der Waals surface area contributed by atoms with Crippen molar-refractivity contribution in [3.8, 4) is 28.7 Å². The molecule has 2 aromatic rings. The summed E-state index contributed by atoms with van der Waals surface area (Å²) < 4.78 is 32.2. The molecule has 0 N–H and O–H groups in total. The SMILES string of the molecule is COc1ccc(C[C@@H]2COC(=O)/C2=C/c2cc(OC)c(OC)c(OC)c2)cc1OC. The molecule has 0 spiro atoms. The van der Waals surface area contributed by atoms with E-state index in [1.54, 1.807) is 47.7 Å². The predicted molar refractivity (Wildman–Crippen MR) is 112 cm³/mol. The Morgan fingerprint density at radius 2 is 1.50 bits per heavy atom. The lowest BCUT2D eigenvalue weighted by molar-refractivity contribution is -0.135. The molecular weight excluding hydrogens is 388 g/mol. The van der Waals surface area contributed by atoms with Gasteiger partial charge in [-0.05, 0) is 47.9 Å². The van der Waals surface area contributed by atoms with E-state index >= 15 is 0 Å². The molecule has 1 heterocycles. The maximum absolute atomic E-state index is 12.4. The lowest BCUT2D eigenvalue weighted by Gasteiger charge is -2.14. The number of methoxy groups -OCH3 is 5. The van der Waals surface area contributed by atoms with Crippen molar-refractivity contribution in [3.63, 3.8) is 0 Å². The Hall–Kier alpha value is -3.35. The van der Waals surface area contributed by atoms with Crippen LogP contribution in [0.25, 0.3) is 6.08 Å². The van der Waals surface area contributed by atoms with E-state index in [1.807, 2.05) is 24.3 Å². The summed E-state index contributed by atoms with van der Waals surface area (Å²) in [5, 5.41) is 0. The molecule has 3 rings (SSSR count). The van der Waals surface area contributed by atoms with E-state index in [9.17, 15) is 4.79 Å². The number of cyclic esters (lactones) is 1. The molecule has 0 radical (unpaired) electrons. The average Bonchev–Trinajstić information content (AvgIpc) is 3.11. The lowest BCUT2D eigenvalue weighted by Crippen LogP contribution is -2.08. The number of rotatable bonds is 8. The molecule has 160 valence electrons. The van der Waals surface area contributed by atoms with Gasteiger partial charge in [-0.2, -0.15) is 0 Å². The summed E-state index contributed by atoms with van der Waals surface area (Å²) in [6.07, 6.45) is 2.44. The van der Waals surface area contributed by atoms with Gasteiger partial charge in [-0.1, -0.05) is 6.07 Å². The van der Waals surface area contributed by atoms with Gasteiger partial charge in [0.25, 0.3) is 0 Å². The van der Waals surface area contributed by atoms with Crippen LogP contribution in [-0.4, -0.2) is 48.1 Å². The van der Waals surface area contributed by atoms with Crippen LogP contribution in [0.15, 0.2) is 35.9 Å². The fourth-order valence-electron chi connectivity index (χ4n) is 3.52. The minimum atomic E-state index is -0.325. The second-order valence-electron chi connectivity index (χ2n) is 6.75. The fourth-order valence-corrected chi connectivity index (χ4v) is 3.52. The van der Waals surface area contributed by atoms with Crippen LogP contribution < -0.4 is 23.7 Å². The van der Waals surface area contributed by atoms with Gasteiger partial charge in [-0.3, -0.25) is 0 Å². The maximum atomic E-state index is 12.4. The summed E-state index contributed by atoms with van der Waals surface area (Å²) in [4.78, 5) is 12.4. The van der Waals surface area contributed by atoms with Crippen LogP contribution in [0.3, 0.4) is 0 Å². The molecule has 30 heavy (non-hydrogen) atoms. The van der Waals surface area contributed by atoms with Gasteiger partial charge < -0.3 is 28.4 Å². The summed E-state index contributed by atoms with van der Waals surface area (Å²) in [6.45, 7) is 0.323. The highest BCUT2D eigenvalue weighted by molar-refractivity contribution is 5.96. The maximum Gasteiger partial charge on any atom is 0.334 e. The van der Waals surface area contributed by atoms with E-state index < -0.39 is 0 Å². The smallest absolute Gasteiger partial charge is 0.334 e. The standard InChI is InChI=1S/C23H26O7/c1-25-18-7-6-14(10-19(18)26-2)8-16-13-30-23(24)17(16)9-15-11-20(27-3)22(29-5)21(12-15)28-4/h6-7,9-12,16H,8,13H2,1-5H3/b17-9+/t16-/m1/s1. The Labute approximate surface area is 176 Å². The van der Waals surface area contributed by atoms with Crippen molar-refractivity contribution in [3.05, 3.63) is 47.0 Å². The molecule has 7 heteroatoms. The highest BCUT2D eigenvalue weighted by Crippen LogP contribution is 2.39. The lowest BCUT2D eigenvalue weighted by atomic mass is 9.92. The molecule has 1 aliphatic rings. The molecular formula is C23H26O7. The number of benzene rings is 2. The molecule has 1 saturated heterocycles. The third-order valence-electron chi connectivity index (χ3n) is 5.03. The molecule has 0 saturated carbocycles. The number of hydrogen-bond donors (Lipinski definition) is 0. The van der Waals surface area contributed by atoms with Crippen LogP contribution in [0.5, 0.6) is 28.7 Å². The third kappa shape index (κ3) is 4.30. The monoisotopic (exact) mass is 414 g/mol. The third-order valence-corrected chi connectivity index (χ3v) is 5.03. The van der Waals surface area contributed by atoms with Crippen LogP contribution in [-0.2, 0) is 16.0 Å². The number of hydrogen-bond acceptors (Lipinski definition) is 7. The molecule has 7 nitrogen and oxygen atoms in total. The van der Waals surface area contributed by atoms with Gasteiger partial charge >= 0.3 is 5.97 Å². The first-order chi connectivity index (χ1) is 14.5. The molecule has 2 aromatic carbocycles. The van der Waals surface area contributed by atoms with E-state index in [-0.39, 0.29) is 11.9 Å². The summed E-state index contributed by atoms with van der Waals surface area (Å²) >= 11 is 0. The quantitative estimate of drug-likeness (QED) is 0.483. The largest absolute Gasteiger partial charge is 0.493 e. The normalized spacial score (nSPS) is 16.9. The van der Waals surface area contributed by atoms with Crippen molar-refractivity contribution >= 4 is 12.0 Å². The van der Waals surface area contributed by atoms with Gasteiger partial charge in [0.2, 0.25) is 5.75 Å². The summed E-state index contributed by atoms with van der Waals surface area (Å²) in [5.74, 6) is 2.43. The van der Waals surface area contributed by atoms with Crippen LogP contribution >= 0.6 is 0 Å². The van der Waals surface area contributed by atoms with Crippen LogP contribution in [0.4, 0.5) is 0 Å². The Morgan fingerprint density at radius 3 is 2.07 bits per heavy atom. The van der Waals surface area contributed by atoms with Gasteiger partial charge in [0, 0.05) is 11.5 Å². The van der Waals surface area contributed by atoms with Gasteiger partial charge in [0.1, 0.15) is 0 Å². The second kappa shape index (κ2) is 9.43. The van der Waals surface area contributed by atoms with E-state index in [2.05, 4.69) is 0 Å². The summed E-state index contributed by atoms with van der Waals surface area (Å²) in [7, 11) is 7.85. The van der Waals surface area contributed by atoms with E-state index in [0.717, 1.165) is 11.1 Å². The number of esters is 1. The first kappa shape index (κ1) is 21.4. The van der Waals surface area contributed by atoms with Crippen molar-refractivity contribution in [2.45, 2.75) is 6.42 Å². The summed E-state index contributed by atoms with van der Waals surface area (Å²) in [5.41, 5.74) is 2.38. The van der Waals surface area contributed by atoms with Crippen LogP contribution in [0.1, 0.15) is 11.1 Å². The van der Waals surface area contributed by atoms with Crippen LogP contribution in [0.2, 0.25) is 0 Å². The molecule has 0 aromatic heterocycles. The average molecular weight is 414 g/mol. The molecule has 1 fully saturated rings. The van der Waals surface area contributed by atoms with Gasteiger partial charge in [0.15, 0.2) is 23.0 Å². The van der Waals surface area contributed by atoms with Crippen molar-refractivity contribution in [1.82, 2.24) is 0 Å².